The van der Waals surface area contributed by atoms with Gasteiger partial charge in [0.1, 0.15) is 5.76 Å². The predicted octanol–water partition coefficient (Wildman–Crippen LogP) is 3.65. The van der Waals surface area contributed by atoms with Crippen LogP contribution in [-0.4, -0.2) is 24.0 Å². The highest BCUT2D eigenvalue weighted by Gasteiger charge is 2.31. The predicted molar refractivity (Wildman–Crippen MR) is 83.5 cm³/mol. The van der Waals surface area contributed by atoms with Gasteiger partial charge >= 0.3 is 0 Å². The van der Waals surface area contributed by atoms with Crippen LogP contribution in [0.3, 0.4) is 0 Å². The molecule has 0 aliphatic carbocycles. The van der Waals surface area contributed by atoms with E-state index in [9.17, 15) is 0 Å². The number of nitrogens with one attached hydrogen (secondary N) is 1. The molecule has 1 fully saturated rings. The molecule has 1 saturated heterocycles. The second-order valence-electron chi connectivity index (χ2n) is 7.49. The molecule has 1 N–H and O–H groups in total. The van der Waals surface area contributed by atoms with Crippen LogP contribution in [0.1, 0.15) is 52.4 Å². The number of rotatable bonds is 5. The van der Waals surface area contributed by atoms with Crippen molar-refractivity contribution >= 4 is 0 Å². The Morgan fingerprint density at radius 1 is 1.40 bits per heavy atom. The van der Waals surface area contributed by atoms with Crippen molar-refractivity contribution in [2.24, 2.45) is 11.3 Å². The van der Waals surface area contributed by atoms with Gasteiger partial charge in [-0.3, -0.25) is 4.90 Å². The molecule has 1 aliphatic heterocycles. The van der Waals surface area contributed by atoms with E-state index in [0.717, 1.165) is 24.8 Å². The van der Waals surface area contributed by atoms with Crippen molar-refractivity contribution in [1.82, 2.24) is 10.2 Å². The highest BCUT2D eigenvalue weighted by molar-refractivity contribution is 5.17. The molecule has 2 rings (SSSR count). The minimum Gasteiger partial charge on any atom is -0.468 e. The standard InChI is InChI=1S/C17H30N2O/c1-13(2)18-10-16-14(7-9-20-16)11-19-8-6-15(12-19)17(3,4)5/h7,9,13,15,18H,6,8,10-12H2,1-5H3. The quantitative estimate of drug-likeness (QED) is 0.891. The summed E-state index contributed by atoms with van der Waals surface area (Å²) in [5, 5.41) is 3.43. The van der Waals surface area contributed by atoms with Gasteiger partial charge in [0, 0.05) is 24.7 Å². The van der Waals surface area contributed by atoms with E-state index in [1.165, 1.54) is 25.1 Å². The summed E-state index contributed by atoms with van der Waals surface area (Å²) in [5.41, 5.74) is 1.76. The van der Waals surface area contributed by atoms with E-state index >= 15 is 0 Å². The molecule has 0 amide bonds. The monoisotopic (exact) mass is 278 g/mol. The molecule has 3 heteroatoms. The van der Waals surface area contributed by atoms with Crippen LogP contribution in [0.2, 0.25) is 0 Å². The second-order valence-corrected chi connectivity index (χ2v) is 7.49. The lowest BCUT2D eigenvalue weighted by Gasteiger charge is -2.27. The molecule has 3 nitrogen and oxygen atoms in total. The fraction of sp³-hybridized carbons (Fsp3) is 0.765. The molecule has 1 aromatic heterocycles. The van der Waals surface area contributed by atoms with Crippen LogP contribution < -0.4 is 5.32 Å². The molecule has 114 valence electrons. The van der Waals surface area contributed by atoms with Gasteiger partial charge in [-0.1, -0.05) is 34.6 Å². The van der Waals surface area contributed by atoms with Crippen molar-refractivity contribution in [2.45, 2.75) is 60.2 Å². The van der Waals surface area contributed by atoms with Gasteiger partial charge in [0.25, 0.3) is 0 Å². The van der Waals surface area contributed by atoms with Crippen molar-refractivity contribution in [3.8, 4) is 0 Å². The number of furan rings is 1. The van der Waals surface area contributed by atoms with Gasteiger partial charge in [0.05, 0.1) is 12.8 Å². The van der Waals surface area contributed by atoms with Crippen LogP contribution in [-0.2, 0) is 13.1 Å². The van der Waals surface area contributed by atoms with Gasteiger partial charge in [-0.15, -0.1) is 0 Å². The Kier molecular flexibility index (Phi) is 4.92. The summed E-state index contributed by atoms with van der Waals surface area (Å²) in [6, 6.07) is 2.62. The molecule has 2 heterocycles. The topological polar surface area (TPSA) is 28.4 Å². The Hall–Kier alpha value is -0.800. The zero-order chi connectivity index (χ0) is 14.8. The van der Waals surface area contributed by atoms with Crippen molar-refractivity contribution in [3.05, 3.63) is 23.7 Å². The third-order valence-electron chi connectivity index (χ3n) is 4.40. The zero-order valence-electron chi connectivity index (χ0n) is 13.7. The zero-order valence-corrected chi connectivity index (χ0v) is 13.7. The lowest BCUT2D eigenvalue weighted by molar-refractivity contribution is 0.225. The molecule has 0 bridgehead atoms. The highest BCUT2D eigenvalue weighted by Crippen LogP contribution is 2.34. The number of hydrogen-bond donors (Lipinski definition) is 1. The molecule has 20 heavy (non-hydrogen) atoms. The highest BCUT2D eigenvalue weighted by atomic mass is 16.3. The van der Waals surface area contributed by atoms with Gasteiger partial charge in [0.15, 0.2) is 0 Å². The summed E-state index contributed by atoms with van der Waals surface area (Å²) >= 11 is 0. The molecule has 1 atom stereocenters. The summed E-state index contributed by atoms with van der Waals surface area (Å²) in [6.07, 6.45) is 3.14. The van der Waals surface area contributed by atoms with Gasteiger partial charge < -0.3 is 9.73 Å². The van der Waals surface area contributed by atoms with Gasteiger partial charge in [-0.05, 0) is 30.4 Å². The number of likely N-dealkylation sites (tertiary alicyclic amines) is 1. The number of nitrogens with zero attached hydrogens (tertiary/aromatic N) is 1. The lowest BCUT2D eigenvalue weighted by atomic mass is 9.80. The molecular formula is C17H30N2O. The lowest BCUT2D eigenvalue weighted by Crippen LogP contribution is -2.26. The average Bonchev–Trinajstić information content (AvgIpc) is 2.95. The molecule has 0 spiro atoms. The molecule has 1 aliphatic rings. The summed E-state index contributed by atoms with van der Waals surface area (Å²) in [6.45, 7) is 15.7. The van der Waals surface area contributed by atoms with Gasteiger partial charge in [0.2, 0.25) is 0 Å². The normalized spacial score (nSPS) is 21.0. The van der Waals surface area contributed by atoms with Crippen molar-refractivity contribution < 1.29 is 4.42 Å². The van der Waals surface area contributed by atoms with Gasteiger partial charge in [-0.2, -0.15) is 0 Å². The van der Waals surface area contributed by atoms with E-state index in [4.69, 9.17) is 4.42 Å². The first kappa shape index (κ1) is 15.6. The fourth-order valence-electron chi connectivity index (χ4n) is 2.88. The minimum absolute atomic E-state index is 0.424. The summed E-state index contributed by atoms with van der Waals surface area (Å²) in [7, 11) is 0. The van der Waals surface area contributed by atoms with Crippen LogP contribution in [0.15, 0.2) is 16.7 Å². The Morgan fingerprint density at radius 3 is 2.75 bits per heavy atom. The van der Waals surface area contributed by atoms with Crippen LogP contribution >= 0.6 is 0 Å². The maximum Gasteiger partial charge on any atom is 0.122 e. The van der Waals surface area contributed by atoms with E-state index in [1.54, 1.807) is 0 Å². The van der Waals surface area contributed by atoms with Crippen molar-refractivity contribution in [2.75, 3.05) is 13.1 Å². The SMILES string of the molecule is CC(C)NCc1occc1CN1CCC(C(C)(C)C)C1. The summed E-state index contributed by atoms with van der Waals surface area (Å²) in [5.74, 6) is 1.91. The minimum atomic E-state index is 0.424. The van der Waals surface area contributed by atoms with E-state index in [2.05, 4.69) is 50.9 Å². The molecule has 0 aromatic carbocycles. The Bertz CT molecular complexity index is 417. The van der Waals surface area contributed by atoms with Crippen LogP contribution in [0.5, 0.6) is 0 Å². The van der Waals surface area contributed by atoms with E-state index in [0.29, 0.717) is 11.5 Å². The Balaban J connectivity index is 1.90. The van der Waals surface area contributed by atoms with Crippen molar-refractivity contribution in [1.29, 1.82) is 0 Å². The maximum absolute atomic E-state index is 5.63. The van der Waals surface area contributed by atoms with Crippen LogP contribution in [0.4, 0.5) is 0 Å². The Morgan fingerprint density at radius 2 is 2.15 bits per heavy atom. The first-order chi connectivity index (χ1) is 9.36. The van der Waals surface area contributed by atoms with E-state index in [1.807, 2.05) is 6.26 Å². The second kappa shape index (κ2) is 6.31. The molecule has 1 unspecified atom stereocenters. The first-order valence-corrected chi connectivity index (χ1v) is 7.87. The number of hydrogen-bond acceptors (Lipinski definition) is 3. The fourth-order valence-corrected chi connectivity index (χ4v) is 2.88. The largest absolute Gasteiger partial charge is 0.468 e. The molecule has 0 radical (unpaired) electrons. The van der Waals surface area contributed by atoms with Crippen molar-refractivity contribution in [3.63, 3.8) is 0 Å². The molecular weight excluding hydrogens is 248 g/mol. The Labute approximate surface area is 123 Å². The van der Waals surface area contributed by atoms with E-state index in [-0.39, 0.29) is 0 Å². The molecule has 0 saturated carbocycles. The first-order valence-electron chi connectivity index (χ1n) is 7.87. The molecule has 1 aromatic rings. The van der Waals surface area contributed by atoms with Gasteiger partial charge in [-0.25, -0.2) is 0 Å². The third kappa shape index (κ3) is 4.10. The van der Waals surface area contributed by atoms with Crippen LogP contribution in [0, 0.1) is 11.3 Å². The summed E-state index contributed by atoms with van der Waals surface area (Å²) in [4.78, 5) is 2.57. The smallest absolute Gasteiger partial charge is 0.122 e. The third-order valence-corrected chi connectivity index (χ3v) is 4.40. The van der Waals surface area contributed by atoms with Crippen LogP contribution in [0.25, 0.3) is 0 Å². The average molecular weight is 278 g/mol. The van der Waals surface area contributed by atoms with E-state index < -0.39 is 0 Å². The summed E-state index contributed by atoms with van der Waals surface area (Å²) < 4.78 is 5.63. The maximum atomic E-state index is 5.63.